The van der Waals surface area contributed by atoms with E-state index in [9.17, 15) is 9.59 Å². The summed E-state index contributed by atoms with van der Waals surface area (Å²) in [5, 5.41) is 0.720. The Bertz CT molecular complexity index is 708. The molecule has 19 heavy (non-hydrogen) atoms. The minimum Gasteiger partial charge on any atom is -0.494 e. The molecule has 0 aliphatic carbocycles. The van der Waals surface area contributed by atoms with Crippen LogP contribution in [0.2, 0.25) is 0 Å². The third kappa shape index (κ3) is 2.51. The van der Waals surface area contributed by atoms with Gasteiger partial charge in [-0.1, -0.05) is 0 Å². The number of benzene rings is 1. The Morgan fingerprint density at radius 3 is 2.89 bits per heavy atom. The molecule has 0 saturated heterocycles. The maximum atomic E-state index is 11.7. The quantitative estimate of drug-likeness (QED) is 0.479. The van der Waals surface area contributed by atoms with E-state index >= 15 is 0 Å². The van der Waals surface area contributed by atoms with E-state index in [1.54, 1.807) is 25.1 Å². The van der Waals surface area contributed by atoms with Crippen molar-refractivity contribution in [1.29, 1.82) is 0 Å². The molecule has 0 saturated carbocycles. The van der Waals surface area contributed by atoms with Crippen molar-refractivity contribution in [2.24, 2.45) is 0 Å². The monoisotopic (exact) mass is 260 g/mol. The van der Waals surface area contributed by atoms with Crippen LogP contribution in [-0.2, 0) is 4.79 Å². The van der Waals surface area contributed by atoms with Crippen LogP contribution in [0.3, 0.4) is 0 Å². The van der Waals surface area contributed by atoms with Crippen LogP contribution < -0.4 is 15.1 Å². The van der Waals surface area contributed by atoms with E-state index in [1.807, 2.05) is 6.92 Å². The zero-order chi connectivity index (χ0) is 13.8. The van der Waals surface area contributed by atoms with Crippen molar-refractivity contribution in [3.8, 4) is 11.5 Å². The summed E-state index contributed by atoms with van der Waals surface area (Å²) in [5.41, 5.74) is 0.363. The van der Waals surface area contributed by atoms with E-state index in [1.165, 1.54) is 5.94 Å². The van der Waals surface area contributed by atoms with Gasteiger partial charge in [0.1, 0.15) is 11.3 Å². The van der Waals surface area contributed by atoms with Crippen molar-refractivity contribution in [2.45, 2.75) is 13.8 Å². The van der Waals surface area contributed by atoms with E-state index in [-0.39, 0.29) is 5.75 Å². The van der Waals surface area contributed by atoms with E-state index in [0.717, 1.165) is 11.6 Å². The summed E-state index contributed by atoms with van der Waals surface area (Å²) in [7, 11) is 0. The summed E-state index contributed by atoms with van der Waals surface area (Å²) >= 11 is 0. The molecule has 0 unspecified atom stereocenters. The Labute approximate surface area is 109 Å². The van der Waals surface area contributed by atoms with E-state index in [0.29, 0.717) is 23.5 Å². The van der Waals surface area contributed by atoms with Crippen LogP contribution in [0.1, 0.15) is 12.5 Å². The highest BCUT2D eigenvalue weighted by Crippen LogP contribution is 2.27. The van der Waals surface area contributed by atoms with E-state index in [2.05, 4.69) is 0 Å². The molecule has 2 aromatic rings. The summed E-state index contributed by atoms with van der Waals surface area (Å²) in [4.78, 5) is 21.9. The highest BCUT2D eigenvalue weighted by molar-refractivity contribution is 5.83. The molecule has 0 N–H and O–H groups in total. The van der Waals surface area contributed by atoms with Gasteiger partial charge >= 0.3 is 5.63 Å². The second-order valence-corrected chi connectivity index (χ2v) is 3.79. The number of carbonyl (C=O) groups excluding carboxylic acids is 1. The molecule has 0 amide bonds. The standard InChI is InChI=1S/C14H12O5/c1-3-17-10-4-5-11-9(2)13(18-7-6-15)14(16)19-12(11)8-10/h4-5,7-8H,3H2,1-2H3. The highest BCUT2D eigenvalue weighted by atomic mass is 16.5. The van der Waals surface area contributed by atoms with Crippen molar-refractivity contribution in [2.75, 3.05) is 6.61 Å². The molecule has 5 nitrogen and oxygen atoms in total. The van der Waals surface area contributed by atoms with Crippen LogP contribution in [0, 0.1) is 6.92 Å². The van der Waals surface area contributed by atoms with Crippen molar-refractivity contribution in [3.05, 3.63) is 40.4 Å². The molecule has 0 spiro atoms. The summed E-state index contributed by atoms with van der Waals surface area (Å²) in [5.74, 6) is 2.06. The SMILES string of the molecule is CCOc1ccc2c(C)c(OC=C=O)c(=O)oc2c1. The first-order valence-electron chi connectivity index (χ1n) is 5.73. The zero-order valence-corrected chi connectivity index (χ0v) is 10.6. The maximum Gasteiger partial charge on any atom is 0.379 e. The van der Waals surface area contributed by atoms with Crippen molar-refractivity contribution < 1.29 is 18.7 Å². The van der Waals surface area contributed by atoms with Crippen LogP contribution in [-0.4, -0.2) is 12.5 Å². The van der Waals surface area contributed by atoms with Gasteiger partial charge in [-0.3, -0.25) is 0 Å². The molecule has 0 bridgehead atoms. The predicted octanol–water partition coefficient (Wildman–Crippen LogP) is 2.22. The lowest BCUT2D eigenvalue weighted by molar-refractivity contribution is 0.340. The largest absolute Gasteiger partial charge is 0.494 e. The second-order valence-electron chi connectivity index (χ2n) is 3.79. The third-order valence-corrected chi connectivity index (χ3v) is 2.62. The number of ether oxygens (including phenoxy) is 2. The van der Waals surface area contributed by atoms with Gasteiger partial charge in [0, 0.05) is 17.0 Å². The number of aryl methyl sites for hydroxylation is 1. The van der Waals surface area contributed by atoms with Gasteiger partial charge in [0.15, 0.2) is 12.2 Å². The fourth-order valence-electron chi connectivity index (χ4n) is 1.79. The first kappa shape index (κ1) is 12.9. The maximum absolute atomic E-state index is 11.7. The number of hydrogen-bond donors (Lipinski definition) is 0. The minimum absolute atomic E-state index is 0.0139. The normalized spacial score (nSPS) is 10.0. The average Bonchev–Trinajstić information content (AvgIpc) is 2.38. The Morgan fingerprint density at radius 2 is 2.21 bits per heavy atom. The molecule has 0 aliphatic rings. The average molecular weight is 260 g/mol. The molecule has 0 atom stereocenters. The van der Waals surface area contributed by atoms with Crippen LogP contribution >= 0.6 is 0 Å². The topological polar surface area (TPSA) is 65.7 Å². The molecule has 1 aromatic carbocycles. The fourth-order valence-corrected chi connectivity index (χ4v) is 1.79. The van der Waals surface area contributed by atoms with Crippen LogP contribution in [0.25, 0.3) is 11.0 Å². The van der Waals surface area contributed by atoms with Gasteiger partial charge in [-0.05, 0) is 26.0 Å². The molecule has 2 rings (SSSR count). The number of fused-ring (bicyclic) bond motifs is 1. The predicted molar refractivity (Wildman–Crippen MR) is 69.3 cm³/mol. The smallest absolute Gasteiger partial charge is 0.379 e. The van der Waals surface area contributed by atoms with Gasteiger partial charge in [-0.15, -0.1) is 0 Å². The number of hydrogen-bond acceptors (Lipinski definition) is 5. The molecule has 5 heteroatoms. The lowest BCUT2D eigenvalue weighted by atomic mass is 10.1. The van der Waals surface area contributed by atoms with Gasteiger partial charge < -0.3 is 13.9 Å². The molecule has 1 heterocycles. The van der Waals surface area contributed by atoms with E-state index in [4.69, 9.17) is 13.9 Å². The van der Waals surface area contributed by atoms with Gasteiger partial charge in [0.2, 0.25) is 5.75 Å². The van der Waals surface area contributed by atoms with Crippen molar-refractivity contribution in [1.82, 2.24) is 0 Å². The molecule has 98 valence electrons. The molecular weight excluding hydrogens is 248 g/mol. The Hall–Kier alpha value is -2.52. The Morgan fingerprint density at radius 1 is 1.42 bits per heavy atom. The Balaban J connectivity index is 2.62. The fraction of sp³-hybridized carbons (Fsp3) is 0.214. The molecule has 0 fully saturated rings. The van der Waals surface area contributed by atoms with Crippen LogP contribution in [0.15, 0.2) is 33.7 Å². The van der Waals surface area contributed by atoms with Gasteiger partial charge in [-0.25, -0.2) is 9.59 Å². The highest BCUT2D eigenvalue weighted by Gasteiger charge is 2.12. The first-order chi connectivity index (χ1) is 9.17. The Kier molecular flexibility index (Phi) is 3.68. The minimum atomic E-state index is -0.648. The first-order valence-corrected chi connectivity index (χ1v) is 5.73. The van der Waals surface area contributed by atoms with Crippen molar-refractivity contribution in [3.63, 3.8) is 0 Å². The van der Waals surface area contributed by atoms with Gasteiger partial charge in [0.25, 0.3) is 0 Å². The zero-order valence-electron chi connectivity index (χ0n) is 10.6. The van der Waals surface area contributed by atoms with E-state index < -0.39 is 5.63 Å². The summed E-state index contributed by atoms with van der Waals surface area (Å²) in [6.45, 7) is 4.11. The second kappa shape index (κ2) is 5.42. The lowest BCUT2D eigenvalue weighted by Gasteiger charge is -2.07. The third-order valence-electron chi connectivity index (χ3n) is 2.62. The molecule has 1 aromatic heterocycles. The van der Waals surface area contributed by atoms with Crippen molar-refractivity contribution >= 4 is 16.9 Å². The summed E-state index contributed by atoms with van der Waals surface area (Å²) in [6.07, 6.45) is 0.777. The number of rotatable bonds is 4. The van der Waals surface area contributed by atoms with Gasteiger partial charge in [0.05, 0.1) is 6.61 Å². The van der Waals surface area contributed by atoms with Gasteiger partial charge in [-0.2, -0.15) is 0 Å². The summed E-state index contributed by atoms with van der Waals surface area (Å²) in [6, 6.07) is 5.20. The molecule has 0 radical (unpaired) electrons. The molecular formula is C14H12O5. The molecule has 0 aliphatic heterocycles. The van der Waals surface area contributed by atoms with Crippen LogP contribution in [0.4, 0.5) is 0 Å². The van der Waals surface area contributed by atoms with Crippen LogP contribution in [0.5, 0.6) is 11.5 Å². The lowest BCUT2D eigenvalue weighted by Crippen LogP contribution is -2.06. The summed E-state index contributed by atoms with van der Waals surface area (Å²) < 4.78 is 15.4.